The number of pyridine rings is 1. The van der Waals surface area contributed by atoms with Crippen molar-refractivity contribution in [3.63, 3.8) is 0 Å². The first kappa shape index (κ1) is 16.0. The van der Waals surface area contributed by atoms with Crippen LogP contribution in [0.4, 0.5) is 0 Å². The minimum Gasteiger partial charge on any atom is -0.315 e. The maximum Gasteiger partial charge on any atom is 0.255 e. The monoisotopic (exact) mass is 264 g/mol. The van der Waals surface area contributed by atoms with Crippen molar-refractivity contribution >= 4 is 0 Å². The highest BCUT2D eigenvalue weighted by atomic mass is 16.1. The SMILES string of the molecule is CNCc1ccc(C(C)(C)C)n(CCC(C)C)c1=O. The van der Waals surface area contributed by atoms with Gasteiger partial charge in [0.25, 0.3) is 5.56 Å². The molecule has 3 nitrogen and oxygen atoms in total. The van der Waals surface area contributed by atoms with Gasteiger partial charge in [0.15, 0.2) is 0 Å². The highest BCUT2D eigenvalue weighted by molar-refractivity contribution is 5.21. The van der Waals surface area contributed by atoms with Crippen molar-refractivity contribution in [2.75, 3.05) is 7.05 Å². The van der Waals surface area contributed by atoms with Crippen LogP contribution in [0.1, 0.15) is 52.3 Å². The fourth-order valence-electron chi connectivity index (χ4n) is 2.21. The zero-order valence-corrected chi connectivity index (χ0v) is 13.2. The number of nitrogens with one attached hydrogen (secondary N) is 1. The Hall–Kier alpha value is -1.09. The van der Waals surface area contributed by atoms with Gasteiger partial charge in [0, 0.05) is 29.8 Å². The van der Waals surface area contributed by atoms with Gasteiger partial charge in [0.2, 0.25) is 0 Å². The largest absolute Gasteiger partial charge is 0.315 e. The smallest absolute Gasteiger partial charge is 0.255 e. The van der Waals surface area contributed by atoms with E-state index in [-0.39, 0.29) is 11.0 Å². The molecule has 1 aromatic rings. The summed E-state index contributed by atoms with van der Waals surface area (Å²) in [6.07, 6.45) is 1.03. The van der Waals surface area contributed by atoms with Crippen LogP contribution in [0, 0.1) is 5.92 Å². The summed E-state index contributed by atoms with van der Waals surface area (Å²) in [6, 6.07) is 4.07. The molecule has 0 radical (unpaired) electrons. The third-order valence-electron chi connectivity index (χ3n) is 3.32. The summed E-state index contributed by atoms with van der Waals surface area (Å²) in [5, 5.41) is 3.06. The maximum absolute atomic E-state index is 12.6. The van der Waals surface area contributed by atoms with Crippen molar-refractivity contribution in [3.8, 4) is 0 Å². The Bertz CT molecular complexity index is 467. The van der Waals surface area contributed by atoms with Crippen LogP contribution in [0.5, 0.6) is 0 Å². The van der Waals surface area contributed by atoms with Crippen LogP contribution >= 0.6 is 0 Å². The van der Waals surface area contributed by atoms with Crippen LogP contribution in [-0.4, -0.2) is 11.6 Å². The Morgan fingerprint density at radius 1 is 1.26 bits per heavy atom. The summed E-state index contributed by atoms with van der Waals surface area (Å²) in [5.41, 5.74) is 2.12. The first-order valence-corrected chi connectivity index (χ1v) is 7.15. The summed E-state index contributed by atoms with van der Waals surface area (Å²) < 4.78 is 1.96. The lowest BCUT2D eigenvalue weighted by Gasteiger charge is -2.25. The van der Waals surface area contributed by atoms with Crippen LogP contribution in [0.3, 0.4) is 0 Å². The fourth-order valence-corrected chi connectivity index (χ4v) is 2.21. The molecule has 1 rings (SSSR count). The normalized spacial score (nSPS) is 12.2. The Morgan fingerprint density at radius 2 is 1.89 bits per heavy atom. The Morgan fingerprint density at radius 3 is 2.37 bits per heavy atom. The number of nitrogens with zero attached hydrogens (tertiary/aromatic N) is 1. The molecular weight excluding hydrogens is 236 g/mol. The van der Waals surface area contributed by atoms with Crippen molar-refractivity contribution in [2.24, 2.45) is 5.92 Å². The van der Waals surface area contributed by atoms with E-state index in [0.29, 0.717) is 12.5 Å². The molecule has 0 aromatic carbocycles. The van der Waals surface area contributed by atoms with Gasteiger partial charge in [-0.15, -0.1) is 0 Å². The van der Waals surface area contributed by atoms with Gasteiger partial charge in [0.1, 0.15) is 0 Å². The molecule has 0 spiro atoms. The number of hydrogen-bond donors (Lipinski definition) is 1. The van der Waals surface area contributed by atoms with Gasteiger partial charge in [0.05, 0.1) is 0 Å². The van der Waals surface area contributed by atoms with E-state index in [4.69, 9.17) is 0 Å². The summed E-state index contributed by atoms with van der Waals surface area (Å²) in [5.74, 6) is 0.604. The molecule has 19 heavy (non-hydrogen) atoms. The van der Waals surface area contributed by atoms with Crippen LogP contribution in [0.25, 0.3) is 0 Å². The first-order chi connectivity index (χ1) is 8.77. The van der Waals surface area contributed by atoms with Crippen LogP contribution in [0.2, 0.25) is 0 Å². The van der Waals surface area contributed by atoms with E-state index in [0.717, 1.165) is 24.2 Å². The number of hydrogen-bond acceptors (Lipinski definition) is 2. The van der Waals surface area contributed by atoms with Gasteiger partial charge >= 0.3 is 0 Å². The average Bonchev–Trinajstić information content (AvgIpc) is 2.28. The fraction of sp³-hybridized carbons (Fsp3) is 0.688. The molecule has 1 heterocycles. The second-order valence-corrected chi connectivity index (χ2v) is 6.66. The molecule has 0 atom stereocenters. The van der Waals surface area contributed by atoms with Crippen molar-refractivity contribution in [2.45, 2.75) is 59.5 Å². The van der Waals surface area contributed by atoms with Crippen LogP contribution in [0.15, 0.2) is 16.9 Å². The van der Waals surface area contributed by atoms with Gasteiger partial charge < -0.3 is 9.88 Å². The van der Waals surface area contributed by atoms with E-state index in [1.165, 1.54) is 0 Å². The Balaban J connectivity index is 3.25. The van der Waals surface area contributed by atoms with E-state index < -0.39 is 0 Å². The van der Waals surface area contributed by atoms with Crippen LogP contribution in [-0.2, 0) is 18.5 Å². The molecule has 1 aromatic heterocycles. The molecule has 108 valence electrons. The van der Waals surface area contributed by atoms with Gasteiger partial charge in [-0.3, -0.25) is 4.79 Å². The van der Waals surface area contributed by atoms with E-state index in [1.54, 1.807) is 0 Å². The quantitative estimate of drug-likeness (QED) is 0.887. The molecule has 0 saturated carbocycles. The predicted octanol–water partition coefficient (Wildman–Crippen LogP) is 2.91. The van der Waals surface area contributed by atoms with Crippen molar-refractivity contribution in [1.82, 2.24) is 9.88 Å². The van der Waals surface area contributed by atoms with Crippen molar-refractivity contribution in [1.29, 1.82) is 0 Å². The minimum atomic E-state index is -0.00564. The predicted molar refractivity (Wildman–Crippen MR) is 81.6 cm³/mol. The summed E-state index contributed by atoms with van der Waals surface area (Å²) in [4.78, 5) is 12.6. The zero-order chi connectivity index (χ0) is 14.6. The highest BCUT2D eigenvalue weighted by Crippen LogP contribution is 2.21. The standard InChI is InChI=1S/C16H28N2O/c1-12(2)9-10-18-14(16(3,4)5)8-7-13(11-17-6)15(18)19/h7-8,12,17H,9-11H2,1-6H3. The Labute approximate surface area is 117 Å². The number of aromatic nitrogens is 1. The molecule has 0 amide bonds. The molecule has 0 unspecified atom stereocenters. The van der Waals surface area contributed by atoms with Gasteiger partial charge in [-0.05, 0) is 25.5 Å². The topological polar surface area (TPSA) is 34.0 Å². The van der Waals surface area contributed by atoms with Crippen molar-refractivity contribution < 1.29 is 0 Å². The van der Waals surface area contributed by atoms with Gasteiger partial charge in [-0.2, -0.15) is 0 Å². The molecule has 0 fully saturated rings. The highest BCUT2D eigenvalue weighted by Gasteiger charge is 2.20. The molecule has 1 N–H and O–H groups in total. The Kier molecular flexibility index (Phi) is 5.36. The summed E-state index contributed by atoms with van der Waals surface area (Å²) >= 11 is 0. The lowest BCUT2D eigenvalue weighted by atomic mass is 9.90. The molecule has 0 aliphatic rings. The van der Waals surface area contributed by atoms with Crippen molar-refractivity contribution in [3.05, 3.63) is 33.7 Å². The van der Waals surface area contributed by atoms with Gasteiger partial charge in [-0.1, -0.05) is 40.7 Å². The molecular formula is C16H28N2O. The summed E-state index contributed by atoms with van der Waals surface area (Å²) in [7, 11) is 1.87. The average molecular weight is 264 g/mol. The zero-order valence-electron chi connectivity index (χ0n) is 13.2. The third-order valence-corrected chi connectivity index (χ3v) is 3.32. The second-order valence-electron chi connectivity index (χ2n) is 6.66. The molecule has 0 bridgehead atoms. The molecule has 0 aliphatic heterocycles. The number of rotatable bonds is 5. The van der Waals surface area contributed by atoms with E-state index >= 15 is 0 Å². The van der Waals surface area contributed by atoms with E-state index in [1.807, 2.05) is 17.7 Å². The first-order valence-electron chi connectivity index (χ1n) is 7.15. The summed E-state index contributed by atoms with van der Waals surface area (Å²) in [6.45, 7) is 12.3. The lowest BCUT2D eigenvalue weighted by molar-refractivity contribution is 0.452. The minimum absolute atomic E-state index is 0.00564. The van der Waals surface area contributed by atoms with Crippen LogP contribution < -0.4 is 10.9 Å². The van der Waals surface area contributed by atoms with Gasteiger partial charge in [-0.25, -0.2) is 0 Å². The molecule has 0 aliphatic carbocycles. The second kappa shape index (κ2) is 6.38. The molecule has 0 saturated heterocycles. The lowest BCUT2D eigenvalue weighted by Crippen LogP contribution is -2.33. The third kappa shape index (κ3) is 4.20. The maximum atomic E-state index is 12.6. The van der Waals surface area contributed by atoms with E-state index in [9.17, 15) is 4.79 Å². The molecule has 3 heteroatoms. The van der Waals surface area contributed by atoms with E-state index in [2.05, 4.69) is 46.0 Å².